The van der Waals surface area contributed by atoms with Gasteiger partial charge in [0.25, 0.3) is 5.91 Å². The lowest BCUT2D eigenvalue weighted by molar-refractivity contribution is -0.134. The molecule has 3 aromatic heterocycles. The molecular weight excluding hydrogens is 432 g/mol. The van der Waals surface area contributed by atoms with Crippen LogP contribution < -0.4 is 5.32 Å². The van der Waals surface area contributed by atoms with Crippen molar-refractivity contribution in [3.63, 3.8) is 0 Å². The predicted molar refractivity (Wildman–Crippen MR) is 131 cm³/mol. The van der Waals surface area contributed by atoms with Gasteiger partial charge in [-0.2, -0.15) is 0 Å². The molecule has 1 aliphatic carbocycles. The molecule has 3 aromatic rings. The normalized spacial score (nSPS) is 21.8. The van der Waals surface area contributed by atoms with Crippen molar-refractivity contribution in [2.45, 2.75) is 83.5 Å². The monoisotopic (exact) mass is 464 g/mol. The first kappa shape index (κ1) is 22.1. The summed E-state index contributed by atoms with van der Waals surface area (Å²) in [6.45, 7) is 4.82. The fourth-order valence-corrected chi connectivity index (χ4v) is 6.27. The third kappa shape index (κ3) is 4.07. The van der Waals surface area contributed by atoms with Crippen LogP contribution in [0.4, 0.5) is 0 Å². The number of amides is 2. The molecule has 0 bridgehead atoms. The van der Waals surface area contributed by atoms with Crippen molar-refractivity contribution in [2.24, 2.45) is 0 Å². The highest BCUT2D eigenvalue weighted by atomic mass is 32.1. The minimum Gasteiger partial charge on any atom is -0.351 e. The van der Waals surface area contributed by atoms with Gasteiger partial charge in [0.15, 0.2) is 0 Å². The Morgan fingerprint density at radius 3 is 2.70 bits per heavy atom. The van der Waals surface area contributed by atoms with Crippen molar-refractivity contribution in [3.8, 4) is 0 Å². The minimum absolute atomic E-state index is 0.0582. The molecule has 1 fully saturated rings. The smallest absolute Gasteiger partial charge is 0.271 e. The fourth-order valence-electron chi connectivity index (χ4n) is 5.23. The van der Waals surface area contributed by atoms with E-state index in [2.05, 4.69) is 27.9 Å². The summed E-state index contributed by atoms with van der Waals surface area (Å²) < 4.78 is 3.18. The van der Waals surface area contributed by atoms with E-state index in [0.29, 0.717) is 18.8 Å². The summed E-state index contributed by atoms with van der Waals surface area (Å²) in [5, 5.41) is 3.33. The SMILES string of the molecule is CCc1cc2c(cc3n2C[C@](C)(C(=O)NC2CCCCCC2)N(Cc2ccccn2)C3=O)s1. The van der Waals surface area contributed by atoms with Crippen LogP contribution in [0.2, 0.25) is 0 Å². The lowest BCUT2D eigenvalue weighted by atomic mass is 9.93. The number of nitrogens with one attached hydrogen (secondary N) is 1. The van der Waals surface area contributed by atoms with Crippen molar-refractivity contribution in [1.29, 1.82) is 0 Å². The van der Waals surface area contributed by atoms with E-state index >= 15 is 0 Å². The van der Waals surface area contributed by atoms with E-state index in [9.17, 15) is 9.59 Å². The highest BCUT2D eigenvalue weighted by Gasteiger charge is 2.48. The van der Waals surface area contributed by atoms with E-state index in [1.807, 2.05) is 31.2 Å². The number of nitrogens with zero attached hydrogens (tertiary/aromatic N) is 3. The predicted octanol–water partition coefficient (Wildman–Crippen LogP) is 4.91. The molecule has 4 heterocycles. The van der Waals surface area contributed by atoms with Crippen LogP contribution in [0.5, 0.6) is 0 Å². The van der Waals surface area contributed by atoms with Crippen molar-refractivity contribution >= 4 is 33.4 Å². The molecule has 7 heteroatoms. The van der Waals surface area contributed by atoms with Gasteiger partial charge in [0, 0.05) is 17.1 Å². The van der Waals surface area contributed by atoms with Crippen molar-refractivity contribution < 1.29 is 9.59 Å². The number of carbonyl (C=O) groups is 2. The Labute approximate surface area is 199 Å². The largest absolute Gasteiger partial charge is 0.351 e. The number of fused-ring (bicyclic) bond motifs is 3. The number of aryl methyl sites for hydroxylation is 1. The molecule has 2 aliphatic rings. The van der Waals surface area contributed by atoms with E-state index < -0.39 is 5.54 Å². The highest BCUT2D eigenvalue weighted by molar-refractivity contribution is 7.19. The molecule has 1 saturated carbocycles. The summed E-state index contributed by atoms with van der Waals surface area (Å²) in [6.07, 6.45) is 9.49. The maximum atomic E-state index is 13.8. The van der Waals surface area contributed by atoms with E-state index in [1.54, 1.807) is 22.4 Å². The molecule has 0 aromatic carbocycles. The molecule has 1 aliphatic heterocycles. The standard InChI is InChI=1S/C26H32N4O2S/c1-3-20-14-21-23(33-20)15-22-24(31)30(16-19-12-8-9-13-27-19)26(2,17-29(21)22)25(32)28-18-10-6-4-5-7-11-18/h8-9,12-15,18H,3-7,10-11,16-17H2,1-2H3,(H,28,32)/t26-/m1/s1. The van der Waals surface area contributed by atoms with Gasteiger partial charge in [-0.15, -0.1) is 11.3 Å². The molecule has 1 N–H and O–H groups in total. The quantitative estimate of drug-likeness (QED) is 0.546. The van der Waals surface area contributed by atoms with Gasteiger partial charge >= 0.3 is 0 Å². The summed E-state index contributed by atoms with van der Waals surface area (Å²) >= 11 is 1.73. The molecule has 174 valence electrons. The molecule has 33 heavy (non-hydrogen) atoms. The maximum Gasteiger partial charge on any atom is 0.271 e. The Morgan fingerprint density at radius 2 is 2.00 bits per heavy atom. The molecule has 0 saturated heterocycles. The number of pyridine rings is 1. The van der Waals surface area contributed by atoms with Crippen LogP contribution in [0.1, 0.15) is 73.4 Å². The molecule has 2 amide bonds. The van der Waals surface area contributed by atoms with Crippen LogP contribution in [-0.4, -0.2) is 37.8 Å². The zero-order valence-electron chi connectivity index (χ0n) is 19.5. The molecule has 0 spiro atoms. The number of rotatable bonds is 5. The molecule has 6 nitrogen and oxygen atoms in total. The fraction of sp³-hybridized carbons (Fsp3) is 0.500. The highest BCUT2D eigenvalue weighted by Crippen LogP contribution is 2.37. The summed E-state index contributed by atoms with van der Waals surface area (Å²) in [5.74, 6) is -0.163. The molecule has 1 atom stereocenters. The zero-order valence-corrected chi connectivity index (χ0v) is 20.3. The van der Waals surface area contributed by atoms with Gasteiger partial charge in [-0.3, -0.25) is 14.6 Å². The van der Waals surface area contributed by atoms with Crippen molar-refractivity contribution in [2.75, 3.05) is 0 Å². The number of hydrogen-bond donors (Lipinski definition) is 1. The van der Waals surface area contributed by atoms with Gasteiger partial charge < -0.3 is 14.8 Å². The molecule has 0 unspecified atom stereocenters. The molecular formula is C26H32N4O2S. The second kappa shape index (κ2) is 8.93. The third-order valence-corrected chi connectivity index (χ3v) is 8.46. The van der Waals surface area contributed by atoms with Gasteiger partial charge in [-0.1, -0.05) is 38.7 Å². The van der Waals surface area contributed by atoms with E-state index in [1.165, 1.54) is 17.7 Å². The van der Waals surface area contributed by atoms with Crippen LogP contribution in [0, 0.1) is 0 Å². The Bertz CT molecular complexity index is 1160. The van der Waals surface area contributed by atoms with Crippen LogP contribution in [0.3, 0.4) is 0 Å². The Balaban J connectivity index is 1.53. The first-order valence-corrected chi connectivity index (χ1v) is 13.0. The average molecular weight is 465 g/mol. The van der Waals surface area contributed by atoms with Crippen LogP contribution in [-0.2, 0) is 24.3 Å². The Kier molecular flexibility index (Phi) is 5.99. The van der Waals surface area contributed by atoms with Gasteiger partial charge in [0.1, 0.15) is 11.2 Å². The summed E-state index contributed by atoms with van der Waals surface area (Å²) in [6, 6.07) is 10.1. The Hall–Kier alpha value is -2.67. The number of thiophene rings is 1. The number of hydrogen-bond acceptors (Lipinski definition) is 4. The summed E-state index contributed by atoms with van der Waals surface area (Å²) in [7, 11) is 0. The second-order valence-electron chi connectivity index (χ2n) is 9.58. The van der Waals surface area contributed by atoms with Gasteiger partial charge in [-0.05, 0) is 50.5 Å². The zero-order chi connectivity index (χ0) is 23.0. The number of carbonyl (C=O) groups excluding carboxylic acids is 2. The second-order valence-corrected chi connectivity index (χ2v) is 10.7. The minimum atomic E-state index is -0.992. The maximum absolute atomic E-state index is 13.8. The topological polar surface area (TPSA) is 67.2 Å². The van der Waals surface area contributed by atoms with Crippen molar-refractivity contribution in [1.82, 2.24) is 19.8 Å². The first-order chi connectivity index (χ1) is 16.0. The van der Waals surface area contributed by atoms with E-state index in [-0.39, 0.29) is 17.9 Å². The lowest BCUT2D eigenvalue weighted by Crippen LogP contribution is -2.64. The summed E-state index contributed by atoms with van der Waals surface area (Å²) in [5.41, 5.74) is 1.52. The third-order valence-electron chi connectivity index (χ3n) is 7.24. The summed E-state index contributed by atoms with van der Waals surface area (Å²) in [4.78, 5) is 35.1. The van der Waals surface area contributed by atoms with Gasteiger partial charge in [-0.25, -0.2) is 0 Å². The van der Waals surface area contributed by atoms with E-state index in [0.717, 1.165) is 48.0 Å². The van der Waals surface area contributed by atoms with Gasteiger partial charge in [0.2, 0.25) is 5.91 Å². The molecule has 5 rings (SSSR count). The number of aromatic nitrogens is 2. The van der Waals surface area contributed by atoms with Crippen molar-refractivity contribution in [3.05, 3.63) is 52.8 Å². The van der Waals surface area contributed by atoms with E-state index in [4.69, 9.17) is 0 Å². The van der Waals surface area contributed by atoms with Crippen LogP contribution >= 0.6 is 11.3 Å². The molecule has 0 radical (unpaired) electrons. The first-order valence-electron chi connectivity index (χ1n) is 12.1. The van der Waals surface area contributed by atoms with Crippen LogP contribution in [0.15, 0.2) is 36.5 Å². The Morgan fingerprint density at radius 1 is 1.21 bits per heavy atom. The van der Waals surface area contributed by atoms with Gasteiger partial charge in [0.05, 0.1) is 29.0 Å². The van der Waals surface area contributed by atoms with Crippen LogP contribution in [0.25, 0.3) is 10.2 Å². The lowest BCUT2D eigenvalue weighted by Gasteiger charge is -2.44. The average Bonchev–Trinajstić information content (AvgIpc) is 3.26.